The van der Waals surface area contributed by atoms with Crippen LogP contribution in [0.3, 0.4) is 0 Å². The zero-order valence-electron chi connectivity index (χ0n) is 25.0. The molecule has 0 radical (unpaired) electrons. The molecule has 42 heavy (non-hydrogen) atoms. The number of ether oxygens (including phenoxy) is 2. The lowest BCUT2D eigenvalue weighted by Crippen LogP contribution is -2.44. The number of nitrogen functional groups attached to an aromatic ring is 1. The average Bonchev–Trinajstić information content (AvgIpc) is 3.59. The van der Waals surface area contributed by atoms with Gasteiger partial charge in [0.25, 0.3) is 0 Å². The second kappa shape index (κ2) is 14.1. The molecule has 3 fully saturated rings. The summed E-state index contributed by atoms with van der Waals surface area (Å²) in [6, 6.07) is 1.99. The van der Waals surface area contributed by atoms with E-state index in [1.165, 1.54) is 26.0 Å². The zero-order chi connectivity index (χ0) is 30.4. The summed E-state index contributed by atoms with van der Waals surface area (Å²) < 4.78 is 54.1. The van der Waals surface area contributed by atoms with Crippen LogP contribution in [0.2, 0.25) is 0 Å². The molecule has 0 bridgehead atoms. The molecular weight excluding hydrogens is 549 g/mol. The van der Waals surface area contributed by atoms with Crippen molar-refractivity contribution in [2.45, 2.75) is 59.2 Å². The lowest BCUT2D eigenvalue weighted by molar-refractivity contribution is 0.292. The molecule has 2 atom stereocenters. The minimum absolute atomic E-state index is 0.00886. The summed E-state index contributed by atoms with van der Waals surface area (Å²) in [4.78, 5) is 21.1. The number of rotatable bonds is 5. The molecule has 13 heteroatoms. The highest BCUT2D eigenvalue weighted by Gasteiger charge is 2.34. The van der Waals surface area contributed by atoms with Crippen LogP contribution in [-0.2, 0) is 0 Å². The number of aryl methyl sites for hydroxylation is 1. The van der Waals surface area contributed by atoms with Gasteiger partial charge in [-0.3, -0.25) is 4.90 Å². The van der Waals surface area contributed by atoms with Crippen molar-refractivity contribution in [3.63, 3.8) is 0 Å². The van der Waals surface area contributed by atoms with Gasteiger partial charge in [-0.1, -0.05) is 13.8 Å². The fourth-order valence-electron chi connectivity index (χ4n) is 5.60. The highest BCUT2D eigenvalue weighted by atomic mass is 19.1. The van der Waals surface area contributed by atoms with Crippen molar-refractivity contribution in [1.29, 1.82) is 0 Å². The van der Waals surface area contributed by atoms with Gasteiger partial charge in [0.1, 0.15) is 28.6 Å². The molecule has 0 spiro atoms. The van der Waals surface area contributed by atoms with E-state index in [1.807, 2.05) is 18.7 Å². The Morgan fingerprint density at radius 2 is 1.81 bits per heavy atom. The van der Waals surface area contributed by atoms with Crippen LogP contribution in [0.25, 0.3) is 22.2 Å². The van der Waals surface area contributed by atoms with Crippen LogP contribution in [0.4, 0.5) is 24.8 Å². The summed E-state index contributed by atoms with van der Waals surface area (Å²) >= 11 is 0. The molecule has 0 saturated carbocycles. The molecule has 230 valence electrons. The van der Waals surface area contributed by atoms with Crippen LogP contribution in [0.5, 0.6) is 11.9 Å². The Morgan fingerprint density at radius 3 is 2.48 bits per heavy atom. The minimum Gasteiger partial charge on any atom is -0.477 e. The Balaban J connectivity index is 0.000000308. The maximum atomic E-state index is 15.8. The predicted molar refractivity (Wildman–Crippen MR) is 158 cm³/mol. The number of fused-ring (bicyclic) bond motifs is 2. The number of piperazine rings is 1. The van der Waals surface area contributed by atoms with E-state index in [2.05, 4.69) is 30.2 Å². The van der Waals surface area contributed by atoms with E-state index in [9.17, 15) is 8.78 Å². The molecule has 3 aliphatic rings. The SMILES string of the molecule is CC.CCOc1nc(-c2cc(C)nc(N)c2F)c(F)c2nc(OC)nc(N3CCNCC3)c12.FC1CC2CCCN2C1. The fraction of sp³-hybridized carbons (Fsp3) is 0.586. The monoisotopic (exact) mass is 590 g/mol. The van der Waals surface area contributed by atoms with Crippen molar-refractivity contribution in [2.24, 2.45) is 0 Å². The maximum absolute atomic E-state index is 15.8. The molecule has 0 aliphatic carbocycles. The van der Waals surface area contributed by atoms with Gasteiger partial charge >= 0.3 is 6.01 Å². The van der Waals surface area contributed by atoms with E-state index in [-0.39, 0.29) is 41.1 Å². The third kappa shape index (κ3) is 6.62. The zero-order valence-corrected chi connectivity index (χ0v) is 25.0. The van der Waals surface area contributed by atoms with Crippen molar-refractivity contribution < 1.29 is 22.6 Å². The molecule has 2 unspecified atom stereocenters. The molecule has 6 heterocycles. The van der Waals surface area contributed by atoms with Crippen LogP contribution in [0, 0.1) is 18.6 Å². The van der Waals surface area contributed by atoms with Gasteiger partial charge in [0.05, 0.1) is 13.7 Å². The Bertz CT molecular complexity index is 1360. The van der Waals surface area contributed by atoms with Crippen LogP contribution in [0.1, 0.15) is 45.7 Å². The first-order valence-corrected chi connectivity index (χ1v) is 14.7. The van der Waals surface area contributed by atoms with E-state index >= 15 is 4.39 Å². The Hall–Kier alpha value is -3.45. The summed E-state index contributed by atoms with van der Waals surface area (Å²) in [7, 11) is 1.40. The summed E-state index contributed by atoms with van der Waals surface area (Å²) in [6.07, 6.45) is 2.81. The Labute approximate surface area is 244 Å². The molecular formula is C29H41F3N8O2. The number of nitrogens with one attached hydrogen (secondary N) is 1. The van der Waals surface area contributed by atoms with Gasteiger partial charge in [0, 0.05) is 50.0 Å². The van der Waals surface area contributed by atoms with Crippen molar-refractivity contribution in [1.82, 2.24) is 30.2 Å². The lowest BCUT2D eigenvalue weighted by Gasteiger charge is -2.29. The molecule has 3 N–H and O–H groups in total. The first-order valence-electron chi connectivity index (χ1n) is 14.7. The number of halogens is 3. The van der Waals surface area contributed by atoms with E-state index in [4.69, 9.17) is 15.2 Å². The summed E-state index contributed by atoms with van der Waals surface area (Å²) in [6.45, 7) is 12.3. The quantitative estimate of drug-likeness (QED) is 0.446. The fourth-order valence-corrected chi connectivity index (χ4v) is 5.60. The molecule has 6 rings (SSSR count). The number of aromatic nitrogens is 4. The van der Waals surface area contributed by atoms with Crippen molar-refractivity contribution in [2.75, 3.05) is 63.6 Å². The Kier molecular flexibility index (Phi) is 10.6. The number of nitrogens with zero attached hydrogens (tertiary/aromatic N) is 6. The summed E-state index contributed by atoms with van der Waals surface area (Å²) in [5.41, 5.74) is 5.63. The number of nitrogens with two attached hydrogens (primary N) is 1. The second-order valence-corrected chi connectivity index (χ2v) is 10.1. The molecule has 3 aliphatic heterocycles. The number of methoxy groups -OCH3 is 1. The number of pyridine rings is 2. The van der Waals surface area contributed by atoms with E-state index in [0.717, 1.165) is 26.1 Å². The molecule has 3 aromatic rings. The largest absolute Gasteiger partial charge is 0.477 e. The normalized spacial score (nSPS) is 20.0. The first-order chi connectivity index (χ1) is 20.3. The van der Waals surface area contributed by atoms with E-state index in [1.54, 1.807) is 13.8 Å². The standard InChI is InChI=1S/C20H23F2N7O2.C7H12FN.C2H6/c1-4-31-19-12-16(27-20(30-3)28-18(12)29-7-5-24-6-8-29)14(22)15(26-19)11-9-10(2)25-17(23)13(11)21;8-6-4-7-2-1-3-9(7)5-6;1-2/h9,24H,4-8H2,1-3H3,(H2,23,25);6-7H,1-5H2;1-2H3. The summed E-state index contributed by atoms with van der Waals surface area (Å²) in [5, 5.41) is 3.57. The van der Waals surface area contributed by atoms with Crippen LogP contribution in [0.15, 0.2) is 6.07 Å². The van der Waals surface area contributed by atoms with Crippen molar-refractivity contribution in [3.05, 3.63) is 23.4 Å². The number of hydrogen-bond donors (Lipinski definition) is 2. The first kappa shape index (κ1) is 31.5. The molecule has 0 amide bonds. The molecule has 0 aromatic carbocycles. The average molecular weight is 591 g/mol. The Morgan fingerprint density at radius 1 is 1.07 bits per heavy atom. The molecule has 10 nitrogen and oxygen atoms in total. The number of hydrogen-bond acceptors (Lipinski definition) is 10. The summed E-state index contributed by atoms with van der Waals surface area (Å²) in [5.74, 6) is -1.45. The molecule has 3 saturated heterocycles. The van der Waals surface area contributed by atoms with Crippen LogP contribution >= 0.6 is 0 Å². The highest BCUT2D eigenvalue weighted by Crippen LogP contribution is 2.39. The number of anilines is 2. The maximum Gasteiger partial charge on any atom is 0.318 e. The van der Waals surface area contributed by atoms with Gasteiger partial charge in [0.2, 0.25) is 5.88 Å². The van der Waals surface area contributed by atoms with Crippen molar-refractivity contribution in [3.8, 4) is 23.1 Å². The number of alkyl halides is 1. The third-order valence-electron chi connectivity index (χ3n) is 7.42. The molecule has 3 aromatic heterocycles. The predicted octanol–water partition coefficient (Wildman–Crippen LogP) is 4.29. The minimum atomic E-state index is -0.859. The second-order valence-electron chi connectivity index (χ2n) is 10.1. The van der Waals surface area contributed by atoms with Gasteiger partial charge in [-0.2, -0.15) is 9.97 Å². The highest BCUT2D eigenvalue weighted by molar-refractivity contribution is 5.97. The van der Waals surface area contributed by atoms with Gasteiger partial charge in [0.15, 0.2) is 17.5 Å². The lowest BCUT2D eigenvalue weighted by atomic mass is 10.1. The van der Waals surface area contributed by atoms with Crippen molar-refractivity contribution >= 4 is 22.5 Å². The van der Waals surface area contributed by atoms with Gasteiger partial charge in [-0.25, -0.2) is 23.1 Å². The smallest absolute Gasteiger partial charge is 0.318 e. The van der Waals surface area contributed by atoms with Gasteiger partial charge in [-0.05, 0) is 45.7 Å². The third-order valence-corrected chi connectivity index (χ3v) is 7.42. The van der Waals surface area contributed by atoms with E-state index < -0.39 is 17.8 Å². The van der Waals surface area contributed by atoms with Gasteiger partial charge < -0.3 is 25.4 Å². The topological polar surface area (TPSA) is 115 Å². The van der Waals surface area contributed by atoms with Crippen LogP contribution < -0.4 is 25.4 Å². The van der Waals surface area contributed by atoms with E-state index in [0.29, 0.717) is 42.6 Å². The van der Waals surface area contributed by atoms with Crippen LogP contribution in [-0.4, -0.2) is 90.0 Å². The van der Waals surface area contributed by atoms with Gasteiger partial charge in [-0.15, -0.1) is 0 Å².